The highest BCUT2D eigenvalue weighted by molar-refractivity contribution is 6.31. The topological polar surface area (TPSA) is 52.6 Å². The van der Waals surface area contributed by atoms with Gasteiger partial charge in [0.25, 0.3) is 0 Å². The number of nitrogens with one attached hydrogen (secondary N) is 1. The first-order chi connectivity index (χ1) is 8.46. The first-order valence-electron chi connectivity index (χ1n) is 5.92. The molecule has 0 aliphatic carbocycles. The Labute approximate surface area is 112 Å². The number of rotatable bonds is 2. The highest BCUT2D eigenvalue weighted by Gasteiger charge is 2.37. The fourth-order valence-electron chi connectivity index (χ4n) is 2.18. The Hall–Kier alpha value is -1.26. The van der Waals surface area contributed by atoms with E-state index in [1.54, 1.807) is 12.1 Å². The van der Waals surface area contributed by atoms with Crippen LogP contribution in [0.3, 0.4) is 0 Å². The molecule has 1 aliphatic heterocycles. The molecule has 2 rings (SSSR count). The lowest BCUT2D eigenvalue weighted by Gasteiger charge is -2.43. The molecule has 5 heteroatoms. The van der Waals surface area contributed by atoms with Gasteiger partial charge in [0.2, 0.25) is 5.91 Å². The zero-order chi connectivity index (χ0) is 13.3. The van der Waals surface area contributed by atoms with Crippen LogP contribution in [0.2, 0.25) is 5.02 Å². The summed E-state index contributed by atoms with van der Waals surface area (Å²) in [6.45, 7) is 5.06. The molecule has 0 spiro atoms. The van der Waals surface area contributed by atoms with Crippen molar-refractivity contribution < 1.29 is 9.90 Å². The number of halogens is 1. The van der Waals surface area contributed by atoms with E-state index in [0.29, 0.717) is 17.1 Å². The largest absolute Gasteiger partial charge is 0.392 e. The SMILES string of the molecule is CC1(C)C(=O)NCCN1c1ccc(CO)c(Cl)c1. The third kappa shape index (κ3) is 2.18. The van der Waals surface area contributed by atoms with Gasteiger partial charge in [-0.15, -0.1) is 0 Å². The van der Waals surface area contributed by atoms with Gasteiger partial charge >= 0.3 is 0 Å². The van der Waals surface area contributed by atoms with Gasteiger partial charge in [-0.05, 0) is 31.5 Å². The predicted molar refractivity (Wildman–Crippen MR) is 71.8 cm³/mol. The van der Waals surface area contributed by atoms with Crippen molar-refractivity contribution in [3.8, 4) is 0 Å². The Morgan fingerprint density at radius 2 is 2.22 bits per heavy atom. The van der Waals surface area contributed by atoms with Gasteiger partial charge in [-0.3, -0.25) is 4.79 Å². The third-order valence-corrected chi connectivity index (χ3v) is 3.72. The van der Waals surface area contributed by atoms with Gasteiger partial charge in [-0.2, -0.15) is 0 Å². The van der Waals surface area contributed by atoms with Crippen LogP contribution in [0.4, 0.5) is 5.69 Å². The van der Waals surface area contributed by atoms with E-state index >= 15 is 0 Å². The van der Waals surface area contributed by atoms with E-state index in [1.807, 2.05) is 24.8 Å². The van der Waals surface area contributed by atoms with E-state index in [0.717, 1.165) is 12.2 Å². The number of carbonyl (C=O) groups is 1. The number of aliphatic hydroxyl groups is 1. The normalized spacial score (nSPS) is 18.7. The number of carbonyl (C=O) groups excluding carboxylic acids is 1. The van der Waals surface area contributed by atoms with Crippen molar-refractivity contribution in [1.82, 2.24) is 5.32 Å². The number of hydrogen-bond donors (Lipinski definition) is 2. The van der Waals surface area contributed by atoms with Crippen LogP contribution in [-0.2, 0) is 11.4 Å². The molecule has 0 unspecified atom stereocenters. The summed E-state index contributed by atoms with van der Waals surface area (Å²) in [6, 6.07) is 5.48. The quantitative estimate of drug-likeness (QED) is 0.856. The van der Waals surface area contributed by atoms with Crippen LogP contribution in [0.1, 0.15) is 19.4 Å². The third-order valence-electron chi connectivity index (χ3n) is 3.37. The smallest absolute Gasteiger partial charge is 0.245 e. The number of hydrogen-bond acceptors (Lipinski definition) is 3. The molecule has 1 aliphatic rings. The first kappa shape index (κ1) is 13.2. The number of aliphatic hydroxyl groups excluding tert-OH is 1. The Bertz CT molecular complexity index is 474. The molecule has 0 bridgehead atoms. The Morgan fingerprint density at radius 1 is 1.50 bits per heavy atom. The number of benzene rings is 1. The number of amides is 1. The minimum absolute atomic E-state index is 0.0103. The van der Waals surface area contributed by atoms with E-state index in [9.17, 15) is 4.79 Å². The lowest BCUT2D eigenvalue weighted by Crippen LogP contribution is -2.62. The Kier molecular flexibility index (Phi) is 3.50. The monoisotopic (exact) mass is 268 g/mol. The van der Waals surface area contributed by atoms with Gasteiger partial charge in [0, 0.05) is 23.8 Å². The average Bonchev–Trinajstić information content (AvgIpc) is 2.32. The lowest BCUT2D eigenvalue weighted by molar-refractivity contribution is -0.126. The summed E-state index contributed by atoms with van der Waals surface area (Å²) in [5, 5.41) is 12.5. The maximum Gasteiger partial charge on any atom is 0.245 e. The summed E-state index contributed by atoms with van der Waals surface area (Å²) < 4.78 is 0. The average molecular weight is 269 g/mol. The predicted octanol–water partition coefficient (Wildman–Crippen LogP) is 1.55. The fourth-order valence-corrected chi connectivity index (χ4v) is 2.42. The van der Waals surface area contributed by atoms with E-state index in [4.69, 9.17) is 16.7 Å². The fraction of sp³-hybridized carbons (Fsp3) is 0.462. The lowest BCUT2D eigenvalue weighted by atomic mass is 9.97. The molecule has 1 aromatic carbocycles. The molecule has 98 valence electrons. The molecule has 0 atom stereocenters. The maximum absolute atomic E-state index is 11.9. The number of anilines is 1. The zero-order valence-corrected chi connectivity index (χ0v) is 11.3. The van der Waals surface area contributed by atoms with E-state index < -0.39 is 5.54 Å². The molecule has 0 radical (unpaired) electrons. The van der Waals surface area contributed by atoms with E-state index in [-0.39, 0.29) is 12.5 Å². The summed E-state index contributed by atoms with van der Waals surface area (Å²) >= 11 is 6.09. The molecule has 1 aromatic rings. The minimum Gasteiger partial charge on any atom is -0.392 e. The van der Waals surface area contributed by atoms with Crippen molar-refractivity contribution >= 4 is 23.2 Å². The number of nitrogens with zero attached hydrogens (tertiary/aromatic N) is 1. The van der Waals surface area contributed by atoms with Crippen molar-refractivity contribution in [3.05, 3.63) is 28.8 Å². The highest BCUT2D eigenvalue weighted by atomic mass is 35.5. The molecule has 0 aromatic heterocycles. The van der Waals surface area contributed by atoms with E-state index in [2.05, 4.69) is 5.32 Å². The summed E-state index contributed by atoms with van der Waals surface area (Å²) in [4.78, 5) is 13.9. The Morgan fingerprint density at radius 3 is 2.83 bits per heavy atom. The molecule has 1 saturated heterocycles. The second-order valence-electron chi connectivity index (χ2n) is 4.90. The summed E-state index contributed by atoms with van der Waals surface area (Å²) in [7, 11) is 0. The Balaban J connectivity index is 2.36. The van der Waals surface area contributed by atoms with Crippen molar-refractivity contribution in [2.75, 3.05) is 18.0 Å². The van der Waals surface area contributed by atoms with Crippen LogP contribution < -0.4 is 10.2 Å². The van der Waals surface area contributed by atoms with E-state index in [1.165, 1.54) is 0 Å². The maximum atomic E-state index is 11.9. The molecule has 1 amide bonds. The summed E-state index contributed by atoms with van der Waals surface area (Å²) in [5.74, 6) is 0.0103. The molecule has 1 heterocycles. The van der Waals surface area contributed by atoms with Crippen molar-refractivity contribution in [2.45, 2.75) is 26.0 Å². The molecule has 4 nitrogen and oxygen atoms in total. The van der Waals surface area contributed by atoms with Crippen LogP contribution in [0.15, 0.2) is 18.2 Å². The molecular weight excluding hydrogens is 252 g/mol. The van der Waals surface area contributed by atoms with Gasteiger partial charge in [0.15, 0.2) is 0 Å². The van der Waals surface area contributed by atoms with Crippen LogP contribution in [-0.4, -0.2) is 29.6 Å². The summed E-state index contributed by atoms with van der Waals surface area (Å²) in [5.41, 5.74) is 0.999. The summed E-state index contributed by atoms with van der Waals surface area (Å²) in [6.07, 6.45) is 0. The van der Waals surface area contributed by atoms with Crippen molar-refractivity contribution in [3.63, 3.8) is 0 Å². The van der Waals surface area contributed by atoms with Gasteiger partial charge < -0.3 is 15.3 Å². The zero-order valence-electron chi connectivity index (χ0n) is 10.5. The van der Waals surface area contributed by atoms with Crippen LogP contribution in [0, 0.1) is 0 Å². The molecule has 1 fully saturated rings. The van der Waals surface area contributed by atoms with Gasteiger partial charge in [-0.1, -0.05) is 17.7 Å². The second-order valence-corrected chi connectivity index (χ2v) is 5.31. The first-order valence-corrected chi connectivity index (χ1v) is 6.30. The van der Waals surface area contributed by atoms with Gasteiger partial charge in [0.1, 0.15) is 5.54 Å². The second kappa shape index (κ2) is 4.78. The van der Waals surface area contributed by atoms with Gasteiger partial charge in [0.05, 0.1) is 6.61 Å². The minimum atomic E-state index is -0.595. The van der Waals surface area contributed by atoms with Crippen molar-refractivity contribution in [1.29, 1.82) is 0 Å². The van der Waals surface area contributed by atoms with Crippen LogP contribution in [0.5, 0.6) is 0 Å². The van der Waals surface area contributed by atoms with Crippen molar-refractivity contribution in [2.24, 2.45) is 0 Å². The molecule has 2 N–H and O–H groups in total. The molecule has 18 heavy (non-hydrogen) atoms. The van der Waals surface area contributed by atoms with Crippen LogP contribution in [0.25, 0.3) is 0 Å². The van der Waals surface area contributed by atoms with Crippen LogP contribution >= 0.6 is 11.6 Å². The molecule has 0 saturated carbocycles. The van der Waals surface area contributed by atoms with Gasteiger partial charge in [-0.25, -0.2) is 0 Å². The number of piperazine rings is 1. The standard InChI is InChI=1S/C13H17ClN2O2/c1-13(2)12(18)15-5-6-16(13)10-4-3-9(8-17)11(14)7-10/h3-4,7,17H,5-6,8H2,1-2H3,(H,15,18). The molecular formula is C13H17ClN2O2. The highest BCUT2D eigenvalue weighted by Crippen LogP contribution is 2.29.